The van der Waals surface area contributed by atoms with E-state index in [1.807, 2.05) is 5.38 Å². The summed E-state index contributed by atoms with van der Waals surface area (Å²) in [7, 11) is 1.66. The largest absolute Gasteiger partial charge is 0.378 e. The lowest BCUT2D eigenvalue weighted by Gasteiger charge is -1.88. The van der Waals surface area contributed by atoms with Gasteiger partial charge in [0.1, 0.15) is 0 Å². The van der Waals surface area contributed by atoms with E-state index in [9.17, 15) is 0 Å². The average Bonchev–Trinajstić information content (AvgIpc) is 2.17. The molecule has 1 heterocycles. The molecule has 1 rings (SSSR count). The van der Waals surface area contributed by atoms with Gasteiger partial charge < -0.3 is 4.74 Å². The van der Waals surface area contributed by atoms with Crippen LogP contribution in [0.3, 0.4) is 0 Å². The van der Waals surface area contributed by atoms with E-state index in [2.05, 4.69) is 20.9 Å². The molecule has 0 atom stereocenters. The van der Waals surface area contributed by atoms with E-state index in [4.69, 9.17) is 4.74 Å². The molecule has 0 aliphatic carbocycles. The van der Waals surface area contributed by atoms with E-state index in [-0.39, 0.29) is 0 Å². The number of hydrogen-bond acceptors (Lipinski definition) is 3. The molecule has 0 spiro atoms. The van der Waals surface area contributed by atoms with Crippen molar-refractivity contribution in [1.82, 2.24) is 4.98 Å². The fourth-order valence-corrected chi connectivity index (χ4v) is 1.53. The molecule has 0 bridgehead atoms. The summed E-state index contributed by atoms with van der Waals surface area (Å²) in [5.41, 5.74) is 0.981. The van der Waals surface area contributed by atoms with Gasteiger partial charge in [-0.2, -0.15) is 0 Å². The van der Waals surface area contributed by atoms with Gasteiger partial charge in [0.2, 0.25) is 0 Å². The second-order valence-corrected chi connectivity index (χ2v) is 3.66. The van der Waals surface area contributed by atoms with Gasteiger partial charge in [-0.1, -0.05) is 0 Å². The Hall–Kier alpha value is 0.0700. The van der Waals surface area contributed by atoms with Crippen molar-refractivity contribution in [3.8, 4) is 0 Å². The molecule has 50 valence electrons. The van der Waals surface area contributed by atoms with E-state index in [1.165, 1.54) is 0 Å². The Morgan fingerprint density at radius 3 is 3.11 bits per heavy atom. The third-order valence-corrected chi connectivity index (χ3v) is 2.23. The number of ether oxygens (including phenoxy) is 1. The van der Waals surface area contributed by atoms with Crippen LogP contribution in [0.25, 0.3) is 0 Å². The Morgan fingerprint density at radius 1 is 1.89 bits per heavy atom. The van der Waals surface area contributed by atoms with Crippen LogP contribution < -0.4 is 0 Å². The average molecular weight is 208 g/mol. The van der Waals surface area contributed by atoms with Crippen LogP contribution in [0.5, 0.6) is 0 Å². The van der Waals surface area contributed by atoms with Crippen LogP contribution in [0.15, 0.2) is 9.30 Å². The zero-order valence-corrected chi connectivity index (χ0v) is 7.33. The number of nitrogens with zero attached hydrogens (tertiary/aromatic N) is 1. The zero-order valence-electron chi connectivity index (χ0n) is 4.93. The van der Waals surface area contributed by atoms with E-state index in [1.54, 1.807) is 18.4 Å². The molecule has 4 heteroatoms. The van der Waals surface area contributed by atoms with Crippen LogP contribution >= 0.6 is 27.3 Å². The highest BCUT2D eigenvalue weighted by molar-refractivity contribution is 9.11. The Labute approximate surface area is 66.0 Å². The first kappa shape index (κ1) is 7.18. The van der Waals surface area contributed by atoms with Gasteiger partial charge in [0.05, 0.1) is 12.3 Å². The van der Waals surface area contributed by atoms with Gasteiger partial charge in [0.25, 0.3) is 0 Å². The van der Waals surface area contributed by atoms with Crippen LogP contribution in [0.1, 0.15) is 5.69 Å². The number of thiazole rings is 1. The van der Waals surface area contributed by atoms with Crippen molar-refractivity contribution in [3.05, 3.63) is 15.0 Å². The highest BCUT2D eigenvalue weighted by Gasteiger charge is 1.95. The molecule has 0 unspecified atom stereocenters. The van der Waals surface area contributed by atoms with Gasteiger partial charge >= 0.3 is 0 Å². The van der Waals surface area contributed by atoms with E-state index >= 15 is 0 Å². The highest BCUT2D eigenvalue weighted by Crippen LogP contribution is 2.15. The summed E-state index contributed by atoms with van der Waals surface area (Å²) in [5.74, 6) is 0. The molecule has 0 fully saturated rings. The minimum atomic E-state index is 0.599. The van der Waals surface area contributed by atoms with Crippen LogP contribution in [0.2, 0.25) is 0 Å². The summed E-state index contributed by atoms with van der Waals surface area (Å²) in [6.45, 7) is 0.599. The second-order valence-electron chi connectivity index (χ2n) is 1.52. The van der Waals surface area contributed by atoms with Crippen LogP contribution in [0.4, 0.5) is 0 Å². The number of halogens is 1. The van der Waals surface area contributed by atoms with Gasteiger partial charge in [-0.3, -0.25) is 0 Å². The third kappa shape index (κ3) is 2.04. The van der Waals surface area contributed by atoms with Gasteiger partial charge in [-0.05, 0) is 15.9 Å². The molecule has 0 aliphatic heterocycles. The van der Waals surface area contributed by atoms with Crippen LogP contribution in [-0.4, -0.2) is 12.1 Å². The molecule has 1 aromatic rings. The molecule has 0 saturated carbocycles. The first-order valence-corrected chi connectivity index (χ1v) is 4.09. The fraction of sp³-hybridized carbons (Fsp3) is 0.400. The standard InChI is InChI=1S/C5H6BrNOS/c1-8-2-4-3-9-5(6)7-4/h3H,2H2,1H3. The quantitative estimate of drug-likeness (QED) is 0.741. The Balaban J connectivity index is 2.61. The first-order valence-electron chi connectivity index (χ1n) is 2.42. The minimum Gasteiger partial charge on any atom is -0.378 e. The minimum absolute atomic E-state index is 0.599. The zero-order chi connectivity index (χ0) is 6.69. The molecule has 0 aromatic carbocycles. The third-order valence-electron chi connectivity index (χ3n) is 0.816. The molecule has 1 aromatic heterocycles. The Kier molecular flexibility index (Phi) is 2.63. The van der Waals surface area contributed by atoms with Crippen molar-refractivity contribution in [3.63, 3.8) is 0 Å². The van der Waals surface area contributed by atoms with E-state index in [0.717, 1.165) is 9.61 Å². The SMILES string of the molecule is COCc1csc(Br)n1. The number of methoxy groups -OCH3 is 1. The van der Waals surface area contributed by atoms with E-state index < -0.39 is 0 Å². The van der Waals surface area contributed by atoms with Crippen molar-refractivity contribution in [2.24, 2.45) is 0 Å². The molecule has 0 N–H and O–H groups in total. The molecule has 0 radical (unpaired) electrons. The predicted molar refractivity (Wildman–Crippen MR) is 40.5 cm³/mol. The second kappa shape index (κ2) is 3.29. The maximum atomic E-state index is 4.86. The summed E-state index contributed by atoms with van der Waals surface area (Å²) in [5, 5.41) is 1.97. The van der Waals surface area contributed by atoms with Gasteiger partial charge in [0, 0.05) is 12.5 Å². The normalized spacial score (nSPS) is 10.0. The maximum absolute atomic E-state index is 4.86. The number of aromatic nitrogens is 1. The smallest absolute Gasteiger partial charge is 0.159 e. The lowest BCUT2D eigenvalue weighted by molar-refractivity contribution is 0.182. The highest BCUT2D eigenvalue weighted by atomic mass is 79.9. The van der Waals surface area contributed by atoms with Gasteiger partial charge in [-0.15, -0.1) is 11.3 Å². The molecular weight excluding hydrogens is 202 g/mol. The van der Waals surface area contributed by atoms with Crippen molar-refractivity contribution in [2.45, 2.75) is 6.61 Å². The lowest BCUT2D eigenvalue weighted by atomic mass is 10.5. The number of hydrogen-bond donors (Lipinski definition) is 0. The summed E-state index contributed by atoms with van der Waals surface area (Å²) < 4.78 is 5.78. The van der Waals surface area contributed by atoms with Crippen molar-refractivity contribution in [2.75, 3.05) is 7.11 Å². The molecule has 0 saturated heterocycles. The monoisotopic (exact) mass is 207 g/mol. The van der Waals surface area contributed by atoms with Crippen molar-refractivity contribution >= 4 is 27.3 Å². The van der Waals surface area contributed by atoms with Crippen LogP contribution in [-0.2, 0) is 11.3 Å². The molecule has 0 aliphatic rings. The van der Waals surface area contributed by atoms with E-state index in [0.29, 0.717) is 6.61 Å². The van der Waals surface area contributed by atoms with Gasteiger partial charge in [-0.25, -0.2) is 4.98 Å². The maximum Gasteiger partial charge on any atom is 0.159 e. The van der Waals surface area contributed by atoms with Crippen molar-refractivity contribution < 1.29 is 4.74 Å². The lowest BCUT2D eigenvalue weighted by Crippen LogP contribution is -1.85. The van der Waals surface area contributed by atoms with Crippen molar-refractivity contribution in [1.29, 1.82) is 0 Å². The number of rotatable bonds is 2. The summed E-state index contributed by atoms with van der Waals surface area (Å²) in [6, 6.07) is 0. The molecule has 9 heavy (non-hydrogen) atoms. The van der Waals surface area contributed by atoms with Gasteiger partial charge in [0.15, 0.2) is 3.92 Å². The summed E-state index contributed by atoms with van der Waals surface area (Å²) in [6.07, 6.45) is 0. The fourth-order valence-electron chi connectivity index (χ4n) is 0.496. The Bertz CT molecular complexity index is 189. The predicted octanol–water partition coefficient (Wildman–Crippen LogP) is 2.05. The molecule has 0 amide bonds. The first-order chi connectivity index (χ1) is 4.33. The molecular formula is C5H6BrNOS. The topological polar surface area (TPSA) is 22.1 Å². The Morgan fingerprint density at radius 2 is 2.67 bits per heavy atom. The summed E-state index contributed by atoms with van der Waals surface area (Å²) >= 11 is 4.82. The summed E-state index contributed by atoms with van der Waals surface area (Å²) in [4.78, 5) is 4.11. The van der Waals surface area contributed by atoms with Crippen LogP contribution in [0, 0.1) is 0 Å². The molecule has 2 nitrogen and oxygen atoms in total.